The highest BCUT2D eigenvalue weighted by Gasteiger charge is 1.99. The van der Waals surface area contributed by atoms with Crippen LogP contribution in [0.5, 0.6) is 0 Å². The molecular formula is C11H19NO. The molecule has 0 amide bonds. The SMILES string of the molecule is CCCCCCCN1C=CC=CO1. The summed E-state index contributed by atoms with van der Waals surface area (Å²) in [6.45, 7) is 3.24. The van der Waals surface area contributed by atoms with Gasteiger partial charge in [0.25, 0.3) is 0 Å². The van der Waals surface area contributed by atoms with Crippen molar-refractivity contribution < 1.29 is 4.84 Å². The maximum atomic E-state index is 5.25. The Morgan fingerprint density at radius 2 is 1.92 bits per heavy atom. The largest absolute Gasteiger partial charge is 0.388 e. The molecule has 1 aliphatic rings. The zero-order chi connectivity index (χ0) is 9.36. The van der Waals surface area contributed by atoms with Crippen molar-refractivity contribution in [2.24, 2.45) is 0 Å². The number of hydrogen-bond acceptors (Lipinski definition) is 2. The molecule has 1 heterocycles. The van der Waals surface area contributed by atoms with Crippen LogP contribution in [0, 0.1) is 0 Å². The zero-order valence-electron chi connectivity index (χ0n) is 8.41. The third-order valence-electron chi connectivity index (χ3n) is 2.12. The third kappa shape index (κ3) is 4.61. The van der Waals surface area contributed by atoms with Gasteiger partial charge in [0.15, 0.2) is 0 Å². The summed E-state index contributed by atoms with van der Waals surface area (Å²) in [6.07, 6.45) is 14.1. The van der Waals surface area contributed by atoms with Crippen LogP contribution in [0.1, 0.15) is 39.0 Å². The quantitative estimate of drug-likeness (QED) is 0.583. The van der Waals surface area contributed by atoms with Crippen LogP contribution in [0.4, 0.5) is 0 Å². The van der Waals surface area contributed by atoms with Crippen molar-refractivity contribution in [3.05, 3.63) is 24.6 Å². The lowest BCUT2D eigenvalue weighted by molar-refractivity contribution is -0.0604. The van der Waals surface area contributed by atoms with E-state index in [4.69, 9.17) is 4.84 Å². The van der Waals surface area contributed by atoms with E-state index < -0.39 is 0 Å². The summed E-state index contributed by atoms with van der Waals surface area (Å²) in [5.74, 6) is 0. The Bertz CT molecular complexity index is 175. The van der Waals surface area contributed by atoms with Crippen molar-refractivity contribution in [2.45, 2.75) is 39.0 Å². The molecule has 0 unspecified atom stereocenters. The number of hydroxylamine groups is 2. The maximum absolute atomic E-state index is 5.25. The normalized spacial score (nSPS) is 14.7. The molecule has 0 spiro atoms. The predicted octanol–water partition coefficient (Wildman–Crippen LogP) is 3.23. The van der Waals surface area contributed by atoms with E-state index in [1.54, 1.807) is 6.26 Å². The van der Waals surface area contributed by atoms with Gasteiger partial charge < -0.3 is 4.84 Å². The first-order valence-electron chi connectivity index (χ1n) is 5.20. The molecule has 0 aromatic heterocycles. The van der Waals surface area contributed by atoms with Crippen LogP contribution in [-0.4, -0.2) is 11.6 Å². The van der Waals surface area contributed by atoms with Crippen molar-refractivity contribution in [3.8, 4) is 0 Å². The predicted molar refractivity (Wildman–Crippen MR) is 54.8 cm³/mol. The number of unbranched alkanes of at least 4 members (excludes halogenated alkanes) is 4. The van der Waals surface area contributed by atoms with Crippen molar-refractivity contribution in [2.75, 3.05) is 6.54 Å². The average Bonchev–Trinajstić information content (AvgIpc) is 2.19. The highest BCUT2D eigenvalue weighted by molar-refractivity contribution is 5.01. The van der Waals surface area contributed by atoms with Gasteiger partial charge >= 0.3 is 0 Å². The zero-order valence-corrected chi connectivity index (χ0v) is 8.41. The summed E-state index contributed by atoms with van der Waals surface area (Å²) >= 11 is 0. The van der Waals surface area contributed by atoms with E-state index in [2.05, 4.69) is 6.92 Å². The summed E-state index contributed by atoms with van der Waals surface area (Å²) in [7, 11) is 0. The summed E-state index contributed by atoms with van der Waals surface area (Å²) in [4.78, 5) is 5.25. The van der Waals surface area contributed by atoms with Gasteiger partial charge in [-0.3, -0.25) is 0 Å². The van der Waals surface area contributed by atoms with Gasteiger partial charge in [-0.15, -0.1) is 0 Å². The van der Waals surface area contributed by atoms with Crippen LogP contribution in [0.2, 0.25) is 0 Å². The molecule has 0 atom stereocenters. The second kappa shape index (κ2) is 6.58. The lowest BCUT2D eigenvalue weighted by Gasteiger charge is -2.19. The van der Waals surface area contributed by atoms with Crippen LogP contribution in [0.15, 0.2) is 24.6 Å². The van der Waals surface area contributed by atoms with Gasteiger partial charge in [0.05, 0.1) is 6.54 Å². The lowest BCUT2D eigenvalue weighted by Crippen LogP contribution is -2.17. The molecule has 0 aromatic carbocycles. The van der Waals surface area contributed by atoms with Crippen molar-refractivity contribution in [1.82, 2.24) is 5.06 Å². The van der Waals surface area contributed by atoms with E-state index in [-0.39, 0.29) is 0 Å². The van der Waals surface area contributed by atoms with E-state index in [0.717, 1.165) is 6.54 Å². The molecule has 0 bridgehead atoms. The average molecular weight is 181 g/mol. The van der Waals surface area contributed by atoms with Crippen LogP contribution in [0.3, 0.4) is 0 Å². The van der Waals surface area contributed by atoms with Crippen LogP contribution >= 0.6 is 0 Å². The van der Waals surface area contributed by atoms with Gasteiger partial charge in [-0.1, -0.05) is 32.6 Å². The second-order valence-electron chi connectivity index (χ2n) is 3.33. The molecule has 2 heteroatoms. The number of rotatable bonds is 6. The highest BCUT2D eigenvalue weighted by Crippen LogP contribution is 2.06. The second-order valence-corrected chi connectivity index (χ2v) is 3.33. The number of nitrogens with zero attached hydrogens (tertiary/aromatic N) is 1. The van der Waals surface area contributed by atoms with Crippen LogP contribution in [-0.2, 0) is 4.84 Å². The van der Waals surface area contributed by atoms with E-state index in [1.807, 2.05) is 23.4 Å². The molecule has 2 nitrogen and oxygen atoms in total. The molecule has 13 heavy (non-hydrogen) atoms. The van der Waals surface area contributed by atoms with Gasteiger partial charge in [-0.2, -0.15) is 0 Å². The maximum Gasteiger partial charge on any atom is 0.119 e. The molecule has 0 saturated heterocycles. The summed E-state index contributed by atoms with van der Waals surface area (Å²) in [6, 6.07) is 0. The van der Waals surface area contributed by atoms with E-state index in [0.29, 0.717) is 0 Å². The van der Waals surface area contributed by atoms with E-state index >= 15 is 0 Å². The Hall–Kier alpha value is -0.920. The van der Waals surface area contributed by atoms with Crippen molar-refractivity contribution in [3.63, 3.8) is 0 Å². The minimum atomic E-state index is 1.00. The van der Waals surface area contributed by atoms with E-state index in [9.17, 15) is 0 Å². The van der Waals surface area contributed by atoms with Gasteiger partial charge in [0.1, 0.15) is 6.26 Å². The summed E-state index contributed by atoms with van der Waals surface area (Å²) in [5, 5.41) is 1.88. The fourth-order valence-electron chi connectivity index (χ4n) is 1.34. The lowest BCUT2D eigenvalue weighted by atomic mass is 10.1. The van der Waals surface area contributed by atoms with Gasteiger partial charge in [-0.25, -0.2) is 5.06 Å². The molecule has 0 saturated carbocycles. The standard InChI is InChI=1S/C11H19NO/c1-2-3-4-5-6-9-12-10-7-8-11-13-12/h7-8,10-11H,2-6,9H2,1H3. The molecule has 74 valence electrons. The molecule has 0 radical (unpaired) electrons. The smallest absolute Gasteiger partial charge is 0.119 e. The minimum Gasteiger partial charge on any atom is -0.388 e. The first-order valence-corrected chi connectivity index (χ1v) is 5.20. The van der Waals surface area contributed by atoms with Gasteiger partial charge in [-0.05, 0) is 18.6 Å². The first-order chi connectivity index (χ1) is 6.43. The Morgan fingerprint density at radius 1 is 1.08 bits per heavy atom. The fraction of sp³-hybridized carbons (Fsp3) is 0.636. The Morgan fingerprint density at radius 3 is 2.62 bits per heavy atom. The molecule has 0 aromatic rings. The van der Waals surface area contributed by atoms with Crippen molar-refractivity contribution >= 4 is 0 Å². The highest BCUT2D eigenvalue weighted by atomic mass is 16.7. The molecule has 1 aliphatic heterocycles. The monoisotopic (exact) mass is 181 g/mol. The summed E-state index contributed by atoms with van der Waals surface area (Å²) < 4.78 is 0. The van der Waals surface area contributed by atoms with Crippen LogP contribution < -0.4 is 0 Å². The number of hydrogen-bond donors (Lipinski definition) is 0. The minimum absolute atomic E-state index is 1.00. The fourth-order valence-corrected chi connectivity index (χ4v) is 1.34. The molecule has 0 fully saturated rings. The first kappa shape index (κ1) is 10.2. The topological polar surface area (TPSA) is 12.5 Å². The number of allylic oxidation sites excluding steroid dienone is 2. The van der Waals surface area contributed by atoms with E-state index in [1.165, 1.54) is 32.1 Å². The Balaban J connectivity index is 1.93. The van der Waals surface area contributed by atoms with Crippen LogP contribution in [0.25, 0.3) is 0 Å². The van der Waals surface area contributed by atoms with Gasteiger partial charge in [0, 0.05) is 6.20 Å². The molecular weight excluding hydrogens is 162 g/mol. The molecule has 1 rings (SSSR count). The van der Waals surface area contributed by atoms with Crippen molar-refractivity contribution in [1.29, 1.82) is 0 Å². The van der Waals surface area contributed by atoms with Gasteiger partial charge in [0.2, 0.25) is 0 Å². The Labute approximate surface area is 80.8 Å². The molecule has 0 N–H and O–H groups in total. The summed E-state index contributed by atoms with van der Waals surface area (Å²) in [5.41, 5.74) is 0. The molecule has 0 aliphatic carbocycles. The Kier molecular flexibility index (Phi) is 5.14. The third-order valence-corrected chi connectivity index (χ3v) is 2.12.